The summed E-state index contributed by atoms with van der Waals surface area (Å²) < 4.78 is 0.835. The normalized spacial score (nSPS) is 24.4. The molecule has 4 heteroatoms. The van der Waals surface area contributed by atoms with Crippen molar-refractivity contribution in [3.8, 4) is 0 Å². The Bertz CT molecular complexity index is 408. The van der Waals surface area contributed by atoms with Gasteiger partial charge in [0.1, 0.15) is 0 Å². The highest BCUT2D eigenvalue weighted by Crippen LogP contribution is 2.23. The highest BCUT2D eigenvalue weighted by Gasteiger charge is 2.20. The number of nitrogens with zero attached hydrogens (tertiary/aromatic N) is 1. The number of nitrogens with one attached hydrogen (secondary N) is 1. The van der Waals surface area contributed by atoms with E-state index in [9.17, 15) is 4.79 Å². The maximum Gasteiger partial charge on any atom is 0.253 e. The molecule has 1 N–H and O–H groups in total. The quantitative estimate of drug-likeness (QED) is 0.911. The lowest BCUT2D eigenvalue weighted by Gasteiger charge is -2.27. The topological polar surface area (TPSA) is 42.0 Å². The number of hydrogen-bond donors (Lipinski definition) is 1. The predicted octanol–water partition coefficient (Wildman–Crippen LogP) is 3.15. The summed E-state index contributed by atoms with van der Waals surface area (Å²) in [4.78, 5) is 16.0. The largest absolute Gasteiger partial charge is 0.349 e. The minimum atomic E-state index is -0.0158. The molecule has 0 aromatic carbocycles. The van der Waals surface area contributed by atoms with E-state index in [0.717, 1.165) is 23.2 Å². The zero-order valence-electron chi connectivity index (χ0n) is 9.95. The van der Waals surface area contributed by atoms with Crippen molar-refractivity contribution >= 4 is 21.8 Å². The van der Waals surface area contributed by atoms with Crippen molar-refractivity contribution in [1.82, 2.24) is 10.3 Å². The number of rotatable bonds is 2. The average molecular weight is 297 g/mol. The number of hydrogen-bond acceptors (Lipinski definition) is 2. The molecule has 0 spiro atoms. The van der Waals surface area contributed by atoms with Gasteiger partial charge in [0.05, 0.1) is 5.56 Å². The number of amides is 1. The van der Waals surface area contributed by atoms with E-state index in [2.05, 4.69) is 33.2 Å². The molecule has 0 aliphatic heterocycles. The molecule has 2 atom stereocenters. The standard InChI is InChI=1S/C13H17BrN2O/c1-9-3-2-4-12(5-9)16-13(17)10-6-11(14)8-15-7-10/h6-9,12H,2-5H2,1H3,(H,16,17)/t9-,12+/m1/s1. The van der Waals surface area contributed by atoms with Gasteiger partial charge in [-0.25, -0.2) is 0 Å². The van der Waals surface area contributed by atoms with Crippen molar-refractivity contribution in [2.45, 2.75) is 38.6 Å². The summed E-state index contributed by atoms with van der Waals surface area (Å²) in [5, 5.41) is 3.09. The molecule has 1 aromatic heterocycles. The van der Waals surface area contributed by atoms with Gasteiger partial charge in [0.15, 0.2) is 0 Å². The van der Waals surface area contributed by atoms with Crippen LogP contribution in [0.3, 0.4) is 0 Å². The molecule has 1 aliphatic carbocycles. The summed E-state index contributed by atoms with van der Waals surface area (Å²) >= 11 is 3.32. The van der Waals surface area contributed by atoms with E-state index in [1.165, 1.54) is 12.8 Å². The molecule has 1 saturated carbocycles. The number of aromatic nitrogens is 1. The van der Waals surface area contributed by atoms with Crippen LogP contribution in [0.25, 0.3) is 0 Å². The minimum absolute atomic E-state index is 0.0158. The van der Waals surface area contributed by atoms with Crippen LogP contribution in [0.1, 0.15) is 43.0 Å². The maximum absolute atomic E-state index is 12.0. The lowest BCUT2D eigenvalue weighted by molar-refractivity contribution is 0.0921. The highest BCUT2D eigenvalue weighted by molar-refractivity contribution is 9.10. The second-order valence-electron chi connectivity index (χ2n) is 4.83. The second-order valence-corrected chi connectivity index (χ2v) is 5.75. The highest BCUT2D eigenvalue weighted by atomic mass is 79.9. The molecule has 1 amide bonds. The fourth-order valence-electron chi connectivity index (χ4n) is 2.37. The number of halogens is 1. The molecule has 92 valence electrons. The molecule has 3 nitrogen and oxygen atoms in total. The fourth-order valence-corrected chi connectivity index (χ4v) is 2.73. The van der Waals surface area contributed by atoms with E-state index in [1.807, 2.05) is 0 Å². The molecule has 0 unspecified atom stereocenters. The summed E-state index contributed by atoms with van der Waals surface area (Å²) in [5.41, 5.74) is 0.623. The molecular weight excluding hydrogens is 280 g/mol. The van der Waals surface area contributed by atoms with Crippen LogP contribution in [0.15, 0.2) is 22.9 Å². The van der Waals surface area contributed by atoms with Gasteiger partial charge in [-0.05, 0) is 40.8 Å². The van der Waals surface area contributed by atoms with Crippen LogP contribution < -0.4 is 5.32 Å². The fraction of sp³-hybridized carbons (Fsp3) is 0.538. The molecule has 1 aliphatic rings. The minimum Gasteiger partial charge on any atom is -0.349 e. The Labute approximate surface area is 110 Å². The Kier molecular flexibility index (Phi) is 4.15. The van der Waals surface area contributed by atoms with Crippen LogP contribution in [0.5, 0.6) is 0 Å². The van der Waals surface area contributed by atoms with Gasteiger partial charge in [0.25, 0.3) is 5.91 Å². The summed E-state index contributed by atoms with van der Waals surface area (Å²) in [6, 6.07) is 2.12. The van der Waals surface area contributed by atoms with Crippen LogP contribution in [-0.4, -0.2) is 16.9 Å². The molecule has 2 rings (SSSR count). The summed E-state index contributed by atoms with van der Waals surface area (Å²) in [6.45, 7) is 2.25. The van der Waals surface area contributed by atoms with Gasteiger partial charge in [0.2, 0.25) is 0 Å². The third-order valence-electron chi connectivity index (χ3n) is 3.24. The van der Waals surface area contributed by atoms with Gasteiger partial charge in [0, 0.05) is 22.9 Å². The Morgan fingerprint density at radius 1 is 1.47 bits per heavy atom. The second kappa shape index (κ2) is 5.63. The molecule has 0 saturated heterocycles. The zero-order valence-corrected chi connectivity index (χ0v) is 11.5. The van der Waals surface area contributed by atoms with E-state index >= 15 is 0 Å². The van der Waals surface area contributed by atoms with Crippen LogP contribution in [-0.2, 0) is 0 Å². The van der Waals surface area contributed by atoms with Crippen LogP contribution in [0, 0.1) is 5.92 Å². The van der Waals surface area contributed by atoms with Gasteiger partial charge >= 0.3 is 0 Å². The lowest BCUT2D eigenvalue weighted by Crippen LogP contribution is -2.38. The van der Waals surface area contributed by atoms with Crippen molar-refractivity contribution in [3.05, 3.63) is 28.5 Å². The summed E-state index contributed by atoms with van der Waals surface area (Å²) in [5.74, 6) is 0.701. The number of carbonyl (C=O) groups excluding carboxylic acids is 1. The summed E-state index contributed by atoms with van der Waals surface area (Å²) in [7, 11) is 0. The summed E-state index contributed by atoms with van der Waals surface area (Å²) in [6.07, 6.45) is 7.96. The lowest BCUT2D eigenvalue weighted by atomic mass is 9.87. The van der Waals surface area contributed by atoms with Crippen molar-refractivity contribution in [2.75, 3.05) is 0 Å². The van der Waals surface area contributed by atoms with Crippen molar-refractivity contribution < 1.29 is 4.79 Å². The van der Waals surface area contributed by atoms with Crippen LogP contribution >= 0.6 is 15.9 Å². The average Bonchev–Trinajstić information content (AvgIpc) is 2.29. The van der Waals surface area contributed by atoms with E-state index in [1.54, 1.807) is 18.5 Å². The first-order valence-electron chi connectivity index (χ1n) is 6.06. The van der Waals surface area contributed by atoms with E-state index in [4.69, 9.17) is 0 Å². The Morgan fingerprint density at radius 2 is 2.29 bits per heavy atom. The smallest absolute Gasteiger partial charge is 0.253 e. The van der Waals surface area contributed by atoms with Crippen LogP contribution in [0.2, 0.25) is 0 Å². The van der Waals surface area contributed by atoms with Gasteiger partial charge in [-0.15, -0.1) is 0 Å². The van der Waals surface area contributed by atoms with Gasteiger partial charge in [-0.2, -0.15) is 0 Å². The Hall–Kier alpha value is -0.900. The molecule has 1 heterocycles. The van der Waals surface area contributed by atoms with Gasteiger partial charge < -0.3 is 5.32 Å². The molecule has 0 bridgehead atoms. The maximum atomic E-state index is 12.0. The molecule has 0 radical (unpaired) electrons. The predicted molar refractivity (Wildman–Crippen MR) is 70.8 cm³/mol. The van der Waals surface area contributed by atoms with Crippen molar-refractivity contribution in [3.63, 3.8) is 0 Å². The first kappa shape index (κ1) is 12.6. The zero-order chi connectivity index (χ0) is 12.3. The Balaban J connectivity index is 1.97. The first-order valence-corrected chi connectivity index (χ1v) is 6.86. The monoisotopic (exact) mass is 296 g/mol. The molecule has 1 fully saturated rings. The van der Waals surface area contributed by atoms with E-state index in [0.29, 0.717) is 11.6 Å². The third kappa shape index (κ3) is 3.53. The number of pyridine rings is 1. The van der Waals surface area contributed by atoms with Crippen LogP contribution in [0.4, 0.5) is 0 Å². The van der Waals surface area contributed by atoms with Gasteiger partial charge in [-0.1, -0.05) is 19.8 Å². The molecule has 17 heavy (non-hydrogen) atoms. The number of carbonyl (C=O) groups is 1. The van der Waals surface area contributed by atoms with Gasteiger partial charge in [-0.3, -0.25) is 9.78 Å². The molecule has 1 aromatic rings. The third-order valence-corrected chi connectivity index (χ3v) is 3.67. The van der Waals surface area contributed by atoms with E-state index in [-0.39, 0.29) is 5.91 Å². The SMILES string of the molecule is C[C@@H]1CCC[C@H](NC(=O)c2cncc(Br)c2)C1. The first-order chi connectivity index (χ1) is 8.15. The molecular formula is C13H17BrN2O. The van der Waals surface area contributed by atoms with Crippen molar-refractivity contribution in [1.29, 1.82) is 0 Å². The Morgan fingerprint density at radius 3 is 3.00 bits per heavy atom. The van der Waals surface area contributed by atoms with Crippen molar-refractivity contribution in [2.24, 2.45) is 5.92 Å². The van der Waals surface area contributed by atoms with E-state index < -0.39 is 0 Å².